The molecule has 0 aromatic carbocycles. The molecule has 21 heavy (non-hydrogen) atoms. The van der Waals surface area contributed by atoms with E-state index in [1.807, 2.05) is 25.8 Å². The predicted octanol–water partition coefficient (Wildman–Crippen LogP) is 0.607. The van der Waals surface area contributed by atoms with E-state index in [1.54, 1.807) is 12.1 Å². The molecule has 1 aromatic heterocycles. The second-order valence-corrected chi connectivity index (χ2v) is 5.65. The summed E-state index contributed by atoms with van der Waals surface area (Å²) in [7, 11) is 2.04. The molecule has 114 valence electrons. The number of carbonyl (C=O) groups is 2. The molecule has 1 aliphatic rings. The second kappa shape index (κ2) is 6.67. The number of piperazine rings is 1. The van der Waals surface area contributed by atoms with Crippen molar-refractivity contribution >= 4 is 11.8 Å². The van der Waals surface area contributed by atoms with Gasteiger partial charge in [-0.3, -0.25) is 14.6 Å². The lowest BCUT2D eigenvalue weighted by Crippen LogP contribution is -2.47. The van der Waals surface area contributed by atoms with Crippen LogP contribution in [0, 0.1) is 0 Å². The third kappa shape index (κ3) is 4.01. The number of rotatable bonds is 3. The van der Waals surface area contributed by atoms with E-state index < -0.39 is 0 Å². The Balaban J connectivity index is 2.09. The van der Waals surface area contributed by atoms with Gasteiger partial charge in [0.15, 0.2) is 0 Å². The highest BCUT2D eigenvalue weighted by Gasteiger charge is 2.21. The summed E-state index contributed by atoms with van der Waals surface area (Å²) in [6.45, 7) is 6.94. The van der Waals surface area contributed by atoms with Gasteiger partial charge < -0.3 is 15.1 Å². The largest absolute Gasteiger partial charge is 0.349 e. The maximum atomic E-state index is 12.5. The van der Waals surface area contributed by atoms with E-state index in [-0.39, 0.29) is 23.6 Å². The molecule has 0 unspecified atom stereocenters. The molecule has 0 aliphatic carbocycles. The van der Waals surface area contributed by atoms with Crippen LogP contribution in [0.3, 0.4) is 0 Å². The molecule has 0 radical (unpaired) electrons. The van der Waals surface area contributed by atoms with Gasteiger partial charge in [0.1, 0.15) is 5.69 Å². The van der Waals surface area contributed by atoms with E-state index in [0.29, 0.717) is 18.7 Å². The fraction of sp³-hybridized carbons (Fsp3) is 0.533. The van der Waals surface area contributed by atoms with Crippen molar-refractivity contribution in [3.05, 3.63) is 29.6 Å². The highest BCUT2D eigenvalue weighted by atomic mass is 16.2. The smallest absolute Gasteiger partial charge is 0.270 e. The minimum Gasteiger partial charge on any atom is -0.349 e. The molecule has 0 bridgehead atoms. The van der Waals surface area contributed by atoms with Crippen molar-refractivity contribution < 1.29 is 9.59 Å². The Kier molecular flexibility index (Phi) is 4.90. The van der Waals surface area contributed by atoms with Crippen LogP contribution in [0.4, 0.5) is 0 Å². The quantitative estimate of drug-likeness (QED) is 0.885. The molecule has 2 rings (SSSR count). The summed E-state index contributed by atoms with van der Waals surface area (Å²) in [5.74, 6) is -0.290. The number of pyridine rings is 1. The zero-order chi connectivity index (χ0) is 15.4. The van der Waals surface area contributed by atoms with Crippen molar-refractivity contribution in [1.82, 2.24) is 20.1 Å². The van der Waals surface area contributed by atoms with Gasteiger partial charge in [-0.25, -0.2) is 0 Å². The maximum absolute atomic E-state index is 12.5. The fourth-order valence-electron chi connectivity index (χ4n) is 2.22. The summed E-state index contributed by atoms with van der Waals surface area (Å²) < 4.78 is 0. The van der Waals surface area contributed by atoms with E-state index in [2.05, 4.69) is 15.2 Å². The first-order valence-electron chi connectivity index (χ1n) is 7.22. The van der Waals surface area contributed by atoms with Gasteiger partial charge in [0.05, 0.1) is 0 Å². The zero-order valence-electron chi connectivity index (χ0n) is 12.8. The molecule has 1 N–H and O–H groups in total. The lowest BCUT2D eigenvalue weighted by molar-refractivity contribution is 0.0664. The molecule has 1 aromatic rings. The van der Waals surface area contributed by atoms with Crippen LogP contribution >= 0.6 is 0 Å². The van der Waals surface area contributed by atoms with E-state index in [1.165, 1.54) is 6.20 Å². The van der Waals surface area contributed by atoms with E-state index in [9.17, 15) is 9.59 Å². The minimum absolute atomic E-state index is 0.0379. The SMILES string of the molecule is CC(C)NC(=O)c1cc(C(=O)N2CCN(C)CC2)ccn1. The molecule has 6 nitrogen and oxygen atoms in total. The first kappa shape index (κ1) is 15.4. The Hall–Kier alpha value is -1.95. The summed E-state index contributed by atoms with van der Waals surface area (Å²) in [4.78, 5) is 32.4. The van der Waals surface area contributed by atoms with Gasteiger partial charge in [-0.1, -0.05) is 0 Å². The highest BCUT2D eigenvalue weighted by Crippen LogP contribution is 2.09. The van der Waals surface area contributed by atoms with Crippen LogP contribution in [-0.4, -0.2) is 65.9 Å². The van der Waals surface area contributed by atoms with E-state index in [0.717, 1.165) is 13.1 Å². The van der Waals surface area contributed by atoms with Crippen LogP contribution in [0.2, 0.25) is 0 Å². The molecule has 6 heteroatoms. The molecule has 1 fully saturated rings. The Morgan fingerprint density at radius 1 is 1.24 bits per heavy atom. The highest BCUT2D eigenvalue weighted by molar-refractivity contribution is 5.98. The van der Waals surface area contributed by atoms with Crippen LogP contribution in [0.1, 0.15) is 34.7 Å². The van der Waals surface area contributed by atoms with Gasteiger partial charge in [0.2, 0.25) is 0 Å². The van der Waals surface area contributed by atoms with E-state index >= 15 is 0 Å². The molecule has 2 heterocycles. The summed E-state index contributed by atoms with van der Waals surface area (Å²) in [5.41, 5.74) is 0.798. The fourth-order valence-corrected chi connectivity index (χ4v) is 2.22. The Morgan fingerprint density at radius 3 is 2.52 bits per heavy atom. The van der Waals surface area contributed by atoms with Crippen molar-refractivity contribution in [2.75, 3.05) is 33.2 Å². The number of aromatic nitrogens is 1. The number of amides is 2. The average molecular weight is 290 g/mol. The molecule has 1 aliphatic heterocycles. The summed E-state index contributed by atoms with van der Waals surface area (Å²) >= 11 is 0. The molecule has 1 saturated heterocycles. The first-order valence-corrected chi connectivity index (χ1v) is 7.22. The summed E-state index contributed by atoms with van der Waals surface area (Å²) in [5, 5.41) is 2.78. The van der Waals surface area contributed by atoms with Crippen molar-refractivity contribution in [3.63, 3.8) is 0 Å². The van der Waals surface area contributed by atoms with E-state index in [4.69, 9.17) is 0 Å². The number of nitrogens with one attached hydrogen (secondary N) is 1. The predicted molar refractivity (Wildman–Crippen MR) is 80.2 cm³/mol. The van der Waals surface area contributed by atoms with Crippen LogP contribution in [0.15, 0.2) is 18.3 Å². The topological polar surface area (TPSA) is 65.5 Å². The summed E-state index contributed by atoms with van der Waals surface area (Å²) in [6.07, 6.45) is 1.51. The molecular formula is C15H22N4O2. The zero-order valence-corrected chi connectivity index (χ0v) is 12.8. The number of nitrogens with zero attached hydrogens (tertiary/aromatic N) is 3. The minimum atomic E-state index is -0.252. The standard InChI is InChI=1S/C15H22N4O2/c1-11(2)17-14(20)13-10-12(4-5-16-13)15(21)19-8-6-18(3)7-9-19/h4-5,10-11H,6-9H2,1-3H3,(H,17,20). The van der Waals surface area contributed by atoms with Gasteiger partial charge >= 0.3 is 0 Å². The van der Waals surface area contributed by atoms with Gasteiger partial charge in [0, 0.05) is 44.0 Å². The lowest BCUT2D eigenvalue weighted by atomic mass is 10.1. The van der Waals surface area contributed by atoms with Crippen LogP contribution in [-0.2, 0) is 0 Å². The Labute approximate surface area is 125 Å². The molecular weight excluding hydrogens is 268 g/mol. The number of likely N-dealkylation sites (N-methyl/N-ethyl adjacent to an activating group) is 1. The third-order valence-corrected chi connectivity index (χ3v) is 3.45. The number of hydrogen-bond acceptors (Lipinski definition) is 4. The lowest BCUT2D eigenvalue weighted by Gasteiger charge is -2.32. The average Bonchev–Trinajstić information content (AvgIpc) is 2.47. The van der Waals surface area contributed by atoms with Gasteiger partial charge in [0.25, 0.3) is 11.8 Å². The Bertz CT molecular complexity index is 522. The first-order chi connectivity index (χ1) is 9.97. The van der Waals surface area contributed by atoms with Crippen LogP contribution < -0.4 is 5.32 Å². The van der Waals surface area contributed by atoms with Crippen molar-refractivity contribution in [2.24, 2.45) is 0 Å². The maximum Gasteiger partial charge on any atom is 0.270 e. The van der Waals surface area contributed by atoms with Gasteiger partial charge in [-0.2, -0.15) is 0 Å². The summed E-state index contributed by atoms with van der Waals surface area (Å²) in [6, 6.07) is 3.27. The van der Waals surface area contributed by atoms with Crippen molar-refractivity contribution in [2.45, 2.75) is 19.9 Å². The van der Waals surface area contributed by atoms with Crippen LogP contribution in [0.5, 0.6) is 0 Å². The molecule has 2 amide bonds. The van der Waals surface area contributed by atoms with Gasteiger partial charge in [-0.15, -0.1) is 0 Å². The van der Waals surface area contributed by atoms with Crippen molar-refractivity contribution in [1.29, 1.82) is 0 Å². The monoisotopic (exact) mass is 290 g/mol. The second-order valence-electron chi connectivity index (χ2n) is 5.65. The molecule has 0 spiro atoms. The molecule has 0 atom stereocenters. The molecule has 0 saturated carbocycles. The van der Waals surface area contributed by atoms with Gasteiger partial charge in [-0.05, 0) is 33.0 Å². The Morgan fingerprint density at radius 2 is 1.90 bits per heavy atom. The number of carbonyl (C=O) groups excluding carboxylic acids is 2. The third-order valence-electron chi connectivity index (χ3n) is 3.45. The normalized spacial score (nSPS) is 16.1. The van der Waals surface area contributed by atoms with Crippen molar-refractivity contribution in [3.8, 4) is 0 Å². The number of hydrogen-bond donors (Lipinski definition) is 1. The van der Waals surface area contributed by atoms with Crippen LogP contribution in [0.25, 0.3) is 0 Å².